The van der Waals surface area contributed by atoms with Gasteiger partial charge in [0.2, 0.25) is 0 Å². The summed E-state index contributed by atoms with van der Waals surface area (Å²) in [7, 11) is 0. The first-order valence-electron chi connectivity index (χ1n) is 9.61. The Morgan fingerprint density at radius 2 is 1.78 bits per heavy atom. The van der Waals surface area contributed by atoms with Crippen LogP contribution in [0, 0.1) is 0 Å². The monoisotopic (exact) mass is 359 g/mol. The topological polar surface area (TPSA) is 50.5 Å². The van der Waals surface area contributed by atoms with Crippen LogP contribution in [-0.4, -0.2) is 18.9 Å². The molecule has 2 aliphatic heterocycles. The maximum Gasteiger partial charge on any atom is 0.344 e. The first-order chi connectivity index (χ1) is 13.1. The van der Waals surface area contributed by atoms with Crippen molar-refractivity contribution < 1.29 is 9.21 Å². The first kappa shape index (κ1) is 16.3. The number of benzene rings is 2. The summed E-state index contributed by atoms with van der Waals surface area (Å²) < 4.78 is 5.85. The summed E-state index contributed by atoms with van der Waals surface area (Å²) in [6, 6.07) is 11.3. The van der Waals surface area contributed by atoms with Crippen LogP contribution >= 0.6 is 0 Å². The van der Waals surface area contributed by atoms with E-state index >= 15 is 0 Å². The zero-order valence-electron chi connectivity index (χ0n) is 15.4. The van der Waals surface area contributed by atoms with Crippen molar-refractivity contribution in [2.24, 2.45) is 0 Å². The maximum atomic E-state index is 12.7. The largest absolute Gasteiger partial charge is 0.422 e. The second kappa shape index (κ2) is 6.08. The van der Waals surface area contributed by atoms with Crippen LogP contribution in [0.4, 0.5) is 5.69 Å². The van der Waals surface area contributed by atoms with Crippen LogP contribution in [0.2, 0.25) is 0 Å². The van der Waals surface area contributed by atoms with Gasteiger partial charge in [0.25, 0.3) is 0 Å². The van der Waals surface area contributed by atoms with Crippen molar-refractivity contribution in [1.29, 1.82) is 0 Å². The number of nitrogens with zero attached hydrogens (tertiary/aromatic N) is 1. The summed E-state index contributed by atoms with van der Waals surface area (Å²) in [6.07, 6.45) is 4.32. The summed E-state index contributed by atoms with van der Waals surface area (Å²) in [6.45, 7) is 3.73. The van der Waals surface area contributed by atoms with Crippen molar-refractivity contribution >= 4 is 22.4 Å². The Balaban J connectivity index is 1.70. The van der Waals surface area contributed by atoms with Crippen molar-refractivity contribution in [2.45, 2.75) is 32.6 Å². The van der Waals surface area contributed by atoms with E-state index in [-0.39, 0.29) is 11.4 Å². The normalized spacial score (nSPS) is 15.7. The average Bonchev–Trinajstić information content (AvgIpc) is 2.69. The van der Waals surface area contributed by atoms with E-state index in [2.05, 4.69) is 11.0 Å². The van der Waals surface area contributed by atoms with Gasteiger partial charge in [-0.1, -0.05) is 24.3 Å². The Labute approximate surface area is 157 Å². The van der Waals surface area contributed by atoms with Crippen molar-refractivity contribution in [3.05, 3.63) is 63.5 Å². The van der Waals surface area contributed by atoms with E-state index in [1.165, 1.54) is 30.2 Å². The maximum absolute atomic E-state index is 12.7. The summed E-state index contributed by atoms with van der Waals surface area (Å²) in [5.41, 5.74) is 6.27. The number of aryl methyl sites for hydroxylation is 2. The molecule has 0 saturated carbocycles. The highest BCUT2D eigenvalue weighted by atomic mass is 16.4. The molecule has 0 amide bonds. The standard InChI is InChI=1S/C23H21NO3/c1-14(25)15-6-8-16(9-7-15)20-13-18-12-17-4-2-10-24-11-3-5-19(21(17)24)22(18)27-23(20)26/h6-9,12-13H,2-5,10-11H2,1H3. The Morgan fingerprint density at radius 3 is 2.52 bits per heavy atom. The average molecular weight is 359 g/mol. The van der Waals surface area contributed by atoms with E-state index in [4.69, 9.17) is 4.42 Å². The van der Waals surface area contributed by atoms with Crippen LogP contribution in [0.15, 0.2) is 45.6 Å². The molecule has 0 fully saturated rings. The SMILES string of the molecule is CC(=O)c1ccc(-c2cc3cc4c5c(c3oc2=O)CCCN5CCC4)cc1. The lowest BCUT2D eigenvalue weighted by atomic mass is 9.89. The minimum atomic E-state index is -0.317. The van der Waals surface area contributed by atoms with Crippen LogP contribution in [0.5, 0.6) is 0 Å². The van der Waals surface area contributed by atoms with Gasteiger partial charge in [-0.2, -0.15) is 0 Å². The van der Waals surface area contributed by atoms with Crippen LogP contribution < -0.4 is 10.5 Å². The molecule has 27 heavy (non-hydrogen) atoms. The second-order valence-corrected chi connectivity index (χ2v) is 7.56. The third kappa shape index (κ3) is 2.59. The van der Waals surface area contributed by atoms with Crippen LogP contribution in [0.1, 0.15) is 41.3 Å². The molecule has 3 aromatic rings. The first-order valence-corrected chi connectivity index (χ1v) is 9.61. The van der Waals surface area contributed by atoms with E-state index < -0.39 is 0 Å². The van der Waals surface area contributed by atoms with Gasteiger partial charge in [0, 0.05) is 35.3 Å². The molecule has 0 atom stereocenters. The van der Waals surface area contributed by atoms with Crippen LogP contribution in [-0.2, 0) is 12.8 Å². The lowest BCUT2D eigenvalue weighted by molar-refractivity contribution is 0.101. The number of Topliss-reactive ketones (excluding diaryl/α,β-unsaturated/α-hetero) is 1. The molecule has 136 valence electrons. The molecule has 0 spiro atoms. The molecule has 0 aliphatic carbocycles. The van der Waals surface area contributed by atoms with E-state index in [1.54, 1.807) is 12.1 Å². The second-order valence-electron chi connectivity index (χ2n) is 7.56. The highest BCUT2D eigenvalue weighted by Gasteiger charge is 2.27. The van der Waals surface area contributed by atoms with Gasteiger partial charge >= 0.3 is 5.63 Å². The summed E-state index contributed by atoms with van der Waals surface area (Å²) in [4.78, 5) is 26.7. The van der Waals surface area contributed by atoms with E-state index in [0.29, 0.717) is 11.1 Å². The fourth-order valence-electron chi connectivity index (χ4n) is 4.53. The summed E-state index contributed by atoms with van der Waals surface area (Å²) >= 11 is 0. The number of hydrogen-bond donors (Lipinski definition) is 0. The van der Waals surface area contributed by atoms with Gasteiger partial charge in [0.1, 0.15) is 5.58 Å². The molecule has 4 heteroatoms. The molecular weight excluding hydrogens is 338 g/mol. The molecule has 5 rings (SSSR count). The third-order valence-electron chi connectivity index (χ3n) is 5.82. The van der Waals surface area contributed by atoms with Crippen molar-refractivity contribution in [1.82, 2.24) is 0 Å². The highest BCUT2D eigenvalue weighted by molar-refractivity contribution is 5.95. The van der Waals surface area contributed by atoms with Gasteiger partial charge in [-0.15, -0.1) is 0 Å². The Bertz CT molecular complexity index is 1120. The predicted octanol–water partition coefficient (Wildman–Crippen LogP) is 4.36. The zero-order valence-corrected chi connectivity index (χ0v) is 15.4. The van der Waals surface area contributed by atoms with Gasteiger partial charge in [-0.05, 0) is 55.9 Å². The minimum Gasteiger partial charge on any atom is -0.422 e. The molecule has 2 aliphatic rings. The minimum absolute atomic E-state index is 0.0161. The Morgan fingerprint density at radius 1 is 1.04 bits per heavy atom. The highest BCUT2D eigenvalue weighted by Crippen LogP contribution is 2.40. The van der Waals surface area contributed by atoms with Crippen LogP contribution in [0.25, 0.3) is 22.1 Å². The number of fused-ring (bicyclic) bond motifs is 2. The lowest BCUT2D eigenvalue weighted by Crippen LogP contribution is -2.34. The number of ketones is 1. The molecule has 0 radical (unpaired) electrons. The molecule has 0 saturated heterocycles. The van der Waals surface area contributed by atoms with Crippen molar-refractivity contribution in [3.63, 3.8) is 0 Å². The van der Waals surface area contributed by atoms with Gasteiger partial charge < -0.3 is 9.32 Å². The van der Waals surface area contributed by atoms with Crippen molar-refractivity contribution in [2.75, 3.05) is 18.0 Å². The van der Waals surface area contributed by atoms with Crippen LogP contribution in [0.3, 0.4) is 0 Å². The number of hydrogen-bond acceptors (Lipinski definition) is 4. The number of anilines is 1. The quantitative estimate of drug-likeness (QED) is 0.504. The summed E-state index contributed by atoms with van der Waals surface area (Å²) in [5.74, 6) is 0.0161. The Kier molecular flexibility index (Phi) is 3.67. The molecule has 3 heterocycles. The van der Waals surface area contributed by atoms with Gasteiger partial charge in [0.15, 0.2) is 5.78 Å². The van der Waals surface area contributed by atoms with E-state index in [0.717, 1.165) is 48.9 Å². The van der Waals surface area contributed by atoms with E-state index in [9.17, 15) is 9.59 Å². The van der Waals surface area contributed by atoms with Gasteiger partial charge in [-0.25, -0.2) is 4.79 Å². The summed E-state index contributed by atoms with van der Waals surface area (Å²) in [5, 5.41) is 0.998. The molecule has 4 nitrogen and oxygen atoms in total. The van der Waals surface area contributed by atoms with Crippen molar-refractivity contribution in [3.8, 4) is 11.1 Å². The molecule has 0 N–H and O–H groups in total. The number of carbonyl (C=O) groups excluding carboxylic acids is 1. The number of rotatable bonds is 2. The zero-order chi connectivity index (χ0) is 18.5. The number of carbonyl (C=O) groups is 1. The fourth-order valence-corrected chi connectivity index (χ4v) is 4.53. The fraction of sp³-hybridized carbons (Fsp3) is 0.304. The smallest absolute Gasteiger partial charge is 0.344 e. The van der Waals surface area contributed by atoms with Gasteiger partial charge in [-0.3, -0.25) is 4.79 Å². The molecule has 2 aromatic carbocycles. The molecular formula is C23H21NO3. The molecule has 0 unspecified atom stereocenters. The Hall–Kier alpha value is -2.88. The molecule has 0 bridgehead atoms. The lowest BCUT2D eigenvalue weighted by Gasteiger charge is -2.37. The third-order valence-corrected chi connectivity index (χ3v) is 5.82. The van der Waals surface area contributed by atoms with E-state index in [1.807, 2.05) is 18.2 Å². The predicted molar refractivity (Wildman–Crippen MR) is 107 cm³/mol. The molecule has 1 aromatic heterocycles. The van der Waals surface area contributed by atoms with Gasteiger partial charge in [0.05, 0.1) is 5.56 Å².